The van der Waals surface area contributed by atoms with Crippen LogP contribution in [0.5, 0.6) is 5.75 Å². The van der Waals surface area contributed by atoms with Crippen molar-refractivity contribution < 1.29 is 32.5 Å². The first-order chi connectivity index (χ1) is 21.2. The molecule has 4 rings (SSSR count). The van der Waals surface area contributed by atoms with E-state index in [0.29, 0.717) is 41.1 Å². The predicted molar refractivity (Wildman–Crippen MR) is 163 cm³/mol. The van der Waals surface area contributed by atoms with Gasteiger partial charge in [0.1, 0.15) is 12.4 Å². The molecule has 0 saturated carbocycles. The molecule has 0 aromatic heterocycles. The van der Waals surface area contributed by atoms with E-state index in [4.69, 9.17) is 9.47 Å². The predicted octanol–water partition coefficient (Wildman–Crippen LogP) is 6.94. The maximum absolute atomic E-state index is 13.9. The number of carbonyl (C=O) groups is 1. The topological polar surface area (TPSA) is 71.0 Å². The maximum Gasteiger partial charge on any atom is 0.416 e. The fourth-order valence-corrected chi connectivity index (χ4v) is 4.83. The number of aliphatic hydroxyl groups is 1. The number of nitrogens with zero attached hydrogens (tertiary/aromatic N) is 1. The van der Waals surface area contributed by atoms with Crippen molar-refractivity contribution >= 4 is 5.97 Å². The lowest BCUT2D eigenvalue weighted by Crippen LogP contribution is -2.44. The van der Waals surface area contributed by atoms with Crippen LogP contribution in [0.3, 0.4) is 0 Å². The molecule has 0 fully saturated rings. The van der Waals surface area contributed by atoms with E-state index >= 15 is 0 Å². The van der Waals surface area contributed by atoms with Crippen LogP contribution in [0.25, 0.3) is 11.1 Å². The van der Waals surface area contributed by atoms with Gasteiger partial charge in [0, 0.05) is 18.7 Å². The first-order valence-electron chi connectivity index (χ1n) is 14.5. The van der Waals surface area contributed by atoms with Crippen LogP contribution >= 0.6 is 0 Å². The van der Waals surface area contributed by atoms with Gasteiger partial charge >= 0.3 is 12.1 Å². The molecule has 0 aliphatic carbocycles. The van der Waals surface area contributed by atoms with Crippen LogP contribution in [0.2, 0.25) is 0 Å². The summed E-state index contributed by atoms with van der Waals surface area (Å²) in [6.07, 6.45) is -5.68. The van der Waals surface area contributed by atoms with E-state index in [2.05, 4.69) is 5.32 Å². The van der Waals surface area contributed by atoms with Crippen LogP contribution in [-0.2, 0) is 41.8 Å². The Hall–Kier alpha value is -4.18. The molecule has 0 heterocycles. The van der Waals surface area contributed by atoms with Gasteiger partial charge in [-0.15, -0.1) is 0 Å². The standard InChI is InChI=1S/C35H37F3N2O4/c1-3-40(34(42)39-22-25-11-7-5-8-12-25)23-28-21-29(35(36,37)38)16-17-30(28)31-19-27(20-33(41)43-4-2)15-18-32(31)44-24-26-13-9-6-10-14-26/h5-19,21,34,39,42H,3-4,20,22-24H2,1-2H3. The summed E-state index contributed by atoms with van der Waals surface area (Å²) >= 11 is 0. The summed E-state index contributed by atoms with van der Waals surface area (Å²) in [6.45, 7) is 4.78. The second-order valence-corrected chi connectivity index (χ2v) is 10.3. The van der Waals surface area contributed by atoms with E-state index in [9.17, 15) is 23.1 Å². The van der Waals surface area contributed by atoms with Gasteiger partial charge in [-0.3, -0.25) is 15.0 Å². The van der Waals surface area contributed by atoms with Crippen molar-refractivity contribution in [2.24, 2.45) is 0 Å². The highest BCUT2D eigenvalue weighted by Gasteiger charge is 2.32. The molecule has 6 nitrogen and oxygen atoms in total. The van der Waals surface area contributed by atoms with E-state index in [1.54, 1.807) is 30.0 Å². The van der Waals surface area contributed by atoms with E-state index in [1.807, 2.05) is 67.6 Å². The molecular formula is C35H37F3N2O4. The second kappa shape index (κ2) is 15.5. The van der Waals surface area contributed by atoms with Crippen LogP contribution in [0, 0.1) is 0 Å². The molecule has 0 bridgehead atoms. The molecule has 0 radical (unpaired) electrons. The molecule has 44 heavy (non-hydrogen) atoms. The van der Waals surface area contributed by atoms with Crippen molar-refractivity contribution in [3.8, 4) is 16.9 Å². The van der Waals surface area contributed by atoms with Gasteiger partial charge in [0.05, 0.1) is 18.6 Å². The number of alkyl halides is 3. The number of carbonyl (C=O) groups excluding carboxylic acids is 1. The van der Waals surface area contributed by atoms with E-state index in [-0.39, 0.29) is 26.2 Å². The lowest BCUT2D eigenvalue weighted by Gasteiger charge is -2.29. The Balaban J connectivity index is 1.72. The van der Waals surface area contributed by atoms with Gasteiger partial charge in [0.15, 0.2) is 6.35 Å². The molecule has 0 aliphatic heterocycles. The normalized spacial score (nSPS) is 12.2. The average Bonchev–Trinajstić information content (AvgIpc) is 3.02. The van der Waals surface area contributed by atoms with Crippen molar-refractivity contribution in [3.63, 3.8) is 0 Å². The lowest BCUT2D eigenvalue weighted by atomic mass is 9.94. The molecule has 4 aromatic rings. The Bertz CT molecular complexity index is 1500. The summed E-state index contributed by atoms with van der Waals surface area (Å²) in [5.41, 5.74) is 3.10. The summed E-state index contributed by atoms with van der Waals surface area (Å²) in [5, 5.41) is 14.0. The molecule has 232 valence electrons. The molecule has 4 aromatic carbocycles. The number of esters is 1. The minimum Gasteiger partial charge on any atom is -0.488 e. The third-order valence-corrected chi connectivity index (χ3v) is 7.11. The molecule has 0 amide bonds. The highest BCUT2D eigenvalue weighted by molar-refractivity contribution is 5.77. The van der Waals surface area contributed by atoms with Gasteiger partial charge in [0.25, 0.3) is 0 Å². The Morgan fingerprint density at radius 2 is 1.55 bits per heavy atom. The van der Waals surface area contributed by atoms with Crippen molar-refractivity contribution in [2.75, 3.05) is 13.2 Å². The zero-order valence-corrected chi connectivity index (χ0v) is 24.8. The lowest BCUT2D eigenvalue weighted by molar-refractivity contribution is -0.142. The number of hydrogen-bond acceptors (Lipinski definition) is 6. The van der Waals surface area contributed by atoms with Gasteiger partial charge < -0.3 is 14.6 Å². The summed E-state index contributed by atoms with van der Waals surface area (Å²) < 4.78 is 53.0. The monoisotopic (exact) mass is 606 g/mol. The van der Waals surface area contributed by atoms with Crippen molar-refractivity contribution in [1.82, 2.24) is 10.2 Å². The number of nitrogens with one attached hydrogen (secondary N) is 1. The van der Waals surface area contributed by atoms with Crippen LogP contribution in [0.1, 0.15) is 41.7 Å². The van der Waals surface area contributed by atoms with Gasteiger partial charge in [-0.2, -0.15) is 13.2 Å². The highest BCUT2D eigenvalue weighted by atomic mass is 19.4. The number of hydrogen-bond donors (Lipinski definition) is 2. The fraction of sp³-hybridized carbons (Fsp3) is 0.286. The van der Waals surface area contributed by atoms with Gasteiger partial charge in [-0.25, -0.2) is 0 Å². The summed E-state index contributed by atoms with van der Waals surface area (Å²) in [5.74, 6) is 0.0436. The number of ether oxygens (including phenoxy) is 2. The minimum absolute atomic E-state index is 0.00101. The SMILES string of the molecule is CCOC(=O)Cc1ccc(OCc2ccccc2)c(-c2ccc(C(F)(F)F)cc2CN(CC)C(O)NCc2ccccc2)c1. The van der Waals surface area contributed by atoms with E-state index < -0.39 is 24.1 Å². The largest absolute Gasteiger partial charge is 0.488 e. The fourth-order valence-electron chi connectivity index (χ4n) is 4.83. The zero-order valence-electron chi connectivity index (χ0n) is 24.8. The highest BCUT2D eigenvalue weighted by Crippen LogP contribution is 2.38. The third kappa shape index (κ3) is 9.16. The van der Waals surface area contributed by atoms with Gasteiger partial charge in [-0.1, -0.05) is 79.7 Å². The zero-order chi connectivity index (χ0) is 31.5. The summed E-state index contributed by atoms with van der Waals surface area (Å²) in [4.78, 5) is 13.9. The quantitative estimate of drug-likeness (QED) is 0.120. The Labute approximate surface area is 256 Å². The molecule has 0 saturated heterocycles. The van der Waals surface area contributed by atoms with Gasteiger partial charge in [-0.05, 0) is 65.6 Å². The molecule has 9 heteroatoms. The van der Waals surface area contributed by atoms with Crippen LogP contribution in [0.4, 0.5) is 13.2 Å². The molecule has 1 unspecified atom stereocenters. The van der Waals surface area contributed by atoms with Crippen molar-refractivity contribution in [2.45, 2.75) is 52.5 Å². The second-order valence-electron chi connectivity index (χ2n) is 10.3. The number of benzene rings is 4. The molecule has 0 aliphatic rings. The Morgan fingerprint density at radius 1 is 0.864 bits per heavy atom. The molecule has 2 N–H and O–H groups in total. The Morgan fingerprint density at radius 3 is 2.18 bits per heavy atom. The van der Waals surface area contributed by atoms with Crippen LogP contribution < -0.4 is 10.1 Å². The van der Waals surface area contributed by atoms with Gasteiger partial charge in [0.2, 0.25) is 0 Å². The summed E-state index contributed by atoms with van der Waals surface area (Å²) in [6, 6.07) is 27.8. The number of halogens is 3. The smallest absolute Gasteiger partial charge is 0.416 e. The number of rotatable bonds is 14. The minimum atomic E-state index is -4.56. The first kappa shape index (κ1) is 32.7. The third-order valence-electron chi connectivity index (χ3n) is 7.11. The molecular weight excluding hydrogens is 569 g/mol. The van der Waals surface area contributed by atoms with Crippen LogP contribution in [0.15, 0.2) is 97.1 Å². The van der Waals surface area contributed by atoms with E-state index in [1.165, 1.54) is 6.07 Å². The molecule has 1 atom stereocenters. The Kier molecular flexibility index (Phi) is 11.5. The first-order valence-corrected chi connectivity index (χ1v) is 14.5. The van der Waals surface area contributed by atoms with E-state index in [0.717, 1.165) is 23.3 Å². The number of aliphatic hydroxyl groups excluding tert-OH is 1. The maximum atomic E-state index is 13.9. The molecule has 0 spiro atoms. The van der Waals surface area contributed by atoms with Crippen molar-refractivity contribution in [1.29, 1.82) is 0 Å². The summed E-state index contributed by atoms with van der Waals surface area (Å²) in [7, 11) is 0. The average molecular weight is 607 g/mol. The van der Waals surface area contributed by atoms with Crippen molar-refractivity contribution in [3.05, 3.63) is 125 Å². The van der Waals surface area contributed by atoms with Crippen LogP contribution in [-0.4, -0.2) is 35.5 Å².